The van der Waals surface area contributed by atoms with Crippen LogP contribution in [0.3, 0.4) is 0 Å². The summed E-state index contributed by atoms with van der Waals surface area (Å²) in [5.41, 5.74) is 3.48. The molecule has 0 spiro atoms. The molecular formula is C21H26ClN3O2. The summed E-state index contributed by atoms with van der Waals surface area (Å²) in [6.45, 7) is 4.33. The Bertz CT molecular complexity index is 818. The molecular weight excluding hydrogens is 362 g/mol. The molecule has 0 aliphatic heterocycles. The number of nitrogens with one attached hydrogen (secondary N) is 2. The molecule has 144 valence electrons. The first-order valence-electron chi connectivity index (χ1n) is 9.48. The van der Waals surface area contributed by atoms with Crippen LogP contribution in [0.15, 0.2) is 30.3 Å². The molecule has 1 aliphatic rings. The molecule has 0 unspecified atom stereocenters. The topological polar surface area (TPSA) is 63.1 Å². The van der Waals surface area contributed by atoms with Crippen molar-refractivity contribution < 1.29 is 9.59 Å². The quantitative estimate of drug-likeness (QED) is 0.788. The number of hydrogen-bond donors (Lipinski definition) is 2. The number of rotatable bonds is 6. The van der Waals surface area contributed by atoms with Crippen molar-refractivity contribution in [2.75, 3.05) is 6.54 Å². The van der Waals surface area contributed by atoms with E-state index in [9.17, 15) is 9.59 Å². The second-order valence-corrected chi connectivity index (χ2v) is 7.58. The van der Waals surface area contributed by atoms with E-state index >= 15 is 0 Å². The van der Waals surface area contributed by atoms with Crippen molar-refractivity contribution in [3.8, 4) is 5.69 Å². The van der Waals surface area contributed by atoms with Gasteiger partial charge >= 0.3 is 0 Å². The zero-order chi connectivity index (χ0) is 19.4. The minimum Gasteiger partial charge on any atom is -0.353 e. The molecule has 1 aromatic carbocycles. The van der Waals surface area contributed by atoms with Crippen molar-refractivity contribution in [1.82, 2.24) is 15.2 Å². The van der Waals surface area contributed by atoms with Gasteiger partial charge in [0.25, 0.3) is 5.91 Å². The predicted molar refractivity (Wildman–Crippen MR) is 108 cm³/mol. The Morgan fingerprint density at radius 1 is 1.11 bits per heavy atom. The van der Waals surface area contributed by atoms with Crippen molar-refractivity contribution in [2.45, 2.75) is 52.0 Å². The normalized spacial score (nSPS) is 14.3. The zero-order valence-corrected chi connectivity index (χ0v) is 16.6. The summed E-state index contributed by atoms with van der Waals surface area (Å²) in [6, 6.07) is 9.79. The Labute approximate surface area is 165 Å². The molecule has 3 rings (SSSR count). The van der Waals surface area contributed by atoms with E-state index in [1.54, 1.807) is 12.1 Å². The van der Waals surface area contributed by atoms with Crippen molar-refractivity contribution >= 4 is 23.4 Å². The van der Waals surface area contributed by atoms with Crippen molar-refractivity contribution in [3.63, 3.8) is 0 Å². The molecule has 0 radical (unpaired) electrons. The van der Waals surface area contributed by atoms with Gasteiger partial charge in [-0.25, -0.2) is 0 Å². The lowest BCUT2D eigenvalue weighted by atomic mass is 10.1. The number of carbonyl (C=O) groups excluding carboxylic acids is 2. The van der Waals surface area contributed by atoms with Gasteiger partial charge in [0.1, 0.15) is 0 Å². The summed E-state index contributed by atoms with van der Waals surface area (Å²) in [5.74, 6) is -0.279. The second kappa shape index (κ2) is 8.61. The fourth-order valence-electron chi connectivity index (χ4n) is 3.66. The van der Waals surface area contributed by atoms with Gasteiger partial charge in [-0.15, -0.1) is 0 Å². The molecule has 2 aromatic rings. The van der Waals surface area contributed by atoms with Gasteiger partial charge in [-0.1, -0.05) is 24.4 Å². The van der Waals surface area contributed by atoms with E-state index < -0.39 is 0 Å². The van der Waals surface area contributed by atoms with Crippen molar-refractivity contribution in [2.24, 2.45) is 0 Å². The maximum atomic E-state index is 12.5. The molecule has 0 saturated heterocycles. The minimum absolute atomic E-state index is 0.0133. The average Bonchev–Trinajstić information content (AvgIpc) is 3.25. The van der Waals surface area contributed by atoms with Crippen LogP contribution in [0.1, 0.15) is 53.8 Å². The zero-order valence-electron chi connectivity index (χ0n) is 15.8. The molecule has 1 aromatic heterocycles. The summed E-state index contributed by atoms with van der Waals surface area (Å²) in [7, 11) is 0. The number of amides is 2. The lowest BCUT2D eigenvalue weighted by Crippen LogP contribution is -2.35. The Balaban J connectivity index is 1.61. The molecule has 1 aliphatic carbocycles. The molecule has 1 saturated carbocycles. The number of halogens is 1. The number of aryl methyl sites for hydroxylation is 2. The number of benzene rings is 1. The van der Waals surface area contributed by atoms with Crippen LogP contribution < -0.4 is 10.6 Å². The smallest absolute Gasteiger partial charge is 0.252 e. The summed E-state index contributed by atoms with van der Waals surface area (Å²) in [5, 5.41) is 6.23. The van der Waals surface area contributed by atoms with Crippen LogP contribution in [0.5, 0.6) is 0 Å². The largest absolute Gasteiger partial charge is 0.353 e. The SMILES string of the molecule is Cc1ccc(C)n1-c1ccc(Cl)c(C(=O)NCCC(=O)NC2CCCC2)c1. The average molecular weight is 388 g/mol. The molecule has 27 heavy (non-hydrogen) atoms. The molecule has 0 atom stereocenters. The highest BCUT2D eigenvalue weighted by Gasteiger charge is 2.17. The third kappa shape index (κ3) is 4.72. The van der Waals surface area contributed by atoms with E-state index in [0.29, 0.717) is 23.2 Å². The van der Waals surface area contributed by atoms with Crippen LogP contribution in [-0.2, 0) is 4.79 Å². The molecule has 2 N–H and O–H groups in total. The predicted octanol–water partition coefficient (Wildman–Crippen LogP) is 3.93. The first-order valence-corrected chi connectivity index (χ1v) is 9.86. The molecule has 0 bridgehead atoms. The second-order valence-electron chi connectivity index (χ2n) is 7.17. The number of hydrogen-bond acceptors (Lipinski definition) is 2. The summed E-state index contributed by atoms with van der Waals surface area (Å²) < 4.78 is 2.07. The van der Waals surface area contributed by atoms with Crippen molar-refractivity contribution in [3.05, 3.63) is 52.3 Å². The van der Waals surface area contributed by atoms with Crippen LogP contribution in [0.4, 0.5) is 0 Å². The molecule has 2 amide bonds. The number of nitrogens with zero attached hydrogens (tertiary/aromatic N) is 1. The first kappa shape index (κ1) is 19.5. The monoisotopic (exact) mass is 387 g/mol. The van der Waals surface area contributed by atoms with E-state index in [0.717, 1.165) is 29.9 Å². The molecule has 1 fully saturated rings. The van der Waals surface area contributed by atoms with Crippen LogP contribution >= 0.6 is 11.6 Å². The summed E-state index contributed by atoms with van der Waals surface area (Å²) >= 11 is 6.24. The van der Waals surface area contributed by atoms with Crippen LogP contribution in [0.2, 0.25) is 5.02 Å². The highest BCUT2D eigenvalue weighted by atomic mass is 35.5. The summed E-state index contributed by atoms with van der Waals surface area (Å²) in [4.78, 5) is 24.5. The van der Waals surface area contributed by atoms with Crippen molar-refractivity contribution in [1.29, 1.82) is 0 Å². The standard InChI is InChI=1S/C21H26ClN3O2/c1-14-7-8-15(2)25(14)17-9-10-19(22)18(13-17)21(27)23-12-11-20(26)24-16-5-3-4-6-16/h7-10,13,16H,3-6,11-12H2,1-2H3,(H,23,27)(H,24,26). The highest BCUT2D eigenvalue weighted by molar-refractivity contribution is 6.33. The lowest BCUT2D eigenvalue weighted by Gasteiger charge is -2.14. The van der Waals surface area contributed by atoms with E-state index in [-0.39, 0.29) is 18.2 Å². The van der Waals surface area contributed by atoms with Gasteiger partial charge in [-0.05, 0) is 57.0 Å². The molecule has 6 heteroatoms. The third-order valence-electron chi connectivity index (χ3n) is 5.08. The van der Waals surface area contributed by atoms with Gasteiger partial charge in [0.15, 0.2) is 0 Å². The Morgan fingerprint density at radius 2 is 1.78 bits per heavy atom. The number of aromatic nitrogens is 1. The van der Waals surface area contributed by atoms with Gasteiger partial charge in [-0.3, -0.25) is 9.59 Å². The number of carbonyl (C=O) groups is 2. The van der Waals surface area contributed by atoms with Crippen LogP contribution in [0.25, 0.3) is 5.69 Å². The Hall–Kier alpha value is -2.27. The van der Waals surface area contributed by atoms with Gasteiger partial charge in [0, 0.05) is 36.1 Å². The minimum atomic E-state index is -0.266. The fraction of sp³-hybridized carbons (Fsp3) is 0.429. The van der Waals surface area contributed by atoms with Crippen LogP contribution in [0, 0.1) is 13.8 Å². The summed E-state index contributed by atoms with van der Waals surface area (Å²) in [6.07, 6.45) is 4.74. The fourth-order valence-corrected chi connectivity index (χ4v) is 3.86. The molecule has 1 heterocycles. The maximum Gasteiger partial charge on any atom is 0.252 e. The van der Waals surface area contributed by atoms with Crippen LogP contribution in [-0.4, -0.2) is 29.0 Å². The Kier molecular flexibility index (Phi) is 6.22. The van der Waals surface area contributed by atoms with Gasteiger partial charge in [0.2, 0.25) is 5.91 Å². The van der Waals surface area contributed by atoms with E-state index in [1.807, 2.05) is 32.0 Å². The molecule has 5 nitrogen and oxygen atoms in total. The van der Waals surface area contributed by atoms with Gasteiger partial charge in [-0.2, -0.15) is 0 Å². The van der Waals surface area contributed by atoms with Gasteiger partial charge in [0.05, 0.1) is 10.6 Å². The first-order chi connectivity index (χ1) is 13.0. The van der Waals surface area contributed by atoms with E-state index in [1.165, 1.54) is 12.8 Å². The lowest BCUT2D eigenvalue weighted by molar-refractivity contribution is -0.121. The highest BCUT2D eigenvalue weighted by Crippen LogP contribution is 2.23. The third-order valence-corrected chi connectivity index (χ3v) is 5.41. The van der Waals surface area contributed by atoms with E-state index in [2.05, 4.69) is 15.2 Å². The van der Waals surface area contributed by atoms with E-state index in [4.69, 9.17) is 11.6 Å². The van der Waals surface area contributed by atoms with Gasteiger partial charge < -0.3 is 15.2 Å². The maximum absolute atomic E-state index is 12.5. The Morgan fingerprint density at radius 3 is 2.44 bits per heavy atom.